The molecule has 2 amide bonds. The molecular weight excluding hydrogens is 468 g/mol. The average molecular weight is 501 g/mol. The van der Waals surface area contributed by atoms with Gasteiger partial charge in [0, 0.05) is 22.8 Å². The highest BCUT2D eigenvalue weighted by Crippen LogP contribution is 2.75. The van der Waals surface area contributed by atoms with E-state index in [1.807, 2.05) is 48.5 Å². The number of carbonyl (C=O) groups is 3. The third kappa shape index (κ3) is 3.50. The molecule has 7 heteroatoms. The number of hydrazine groups is 1. The number of allylic oxidation sites excluding steroid dienone is 1. The van der Waals surface area contributed by atoms with E-state index in [4.69, 9.17) is 9.47 Å². The van der Waals surface area contributed by atoms with Crippen molar-refractivity contribution in [2.45, 2.75) is 70.7 Å². The highest BCUT2D eigenvalue weighted by molar-refractivity contribution is 6.09. The van der Waals surface area contributed by atoms with Crippen LogP contribution in [0.1, 0.15) is 67.9 Å². The number of benzene rings is 2. The molecule has 4 atom stereocenters. The molecular formula is C30H32N2O5. The Morgan fingerprint density at radius 3 is 1.92 bits per heavy atom. The lowest BCUT2D eigenvalue weighted by Crippen LogP contribution is -2.58. The van der Waals surface area contributed by atoms with Crippen LogP contribution < -0.4 is 0 Å². The van der Waals surface area contributed by atoms with Gasteiger partial charge in [-0.15, -0.1) is 0 Å². The van der Waals surface area contributed by atoms with E-state index in [1.165, 1.54) is 5.01 Å². The summed E-state index contributed by atoms with van der Waals surface area (Å²) in [7, 11) is 0. The maximum absolute atomic E-state index is 13.5. The monoisotopic (exact) mass is 500 g/mol. The van der Waals surface area contributed by atoms with Crippen LogP contribution >= 0.6 is 0 Å². The van der Waals surface area contributed by atoms with Crippen LogP contribution in [-0.2, 0) is 9.47 Å². The van der Waals surface area contributed by atoms with Crippen molar-refractivity contribution in [3.63, 3.8) is 0 Å². The van der Waals surface area contributed by atoms with Gasteiger partial charge in [-0.1, -0.05) is 54.6 Å². The zero-order valence-electron chi connectivity index (χ0n) is 21.6. The van der Waals surface area contributed by atoms with E-state index in [2.05, 4.69) is 6.07 Å². The maximum Gasteiger partial charge on any atom is 0.429 e. The Morgan fingerprint density at radius 1 is 0.811 bits per heavy atom. The van der Waals surface area contributed by atoms with Gasteiger partial charge in [0.1, 0.15) is 0 Å². The van der Waals surface area contributed by atoms with Crippen molar-refractivity contribution in [3.8, 4) is 0 Å². The highest BCUT2D eigenvalue weighted by atomic mass is 16.6. The van der Waals surface area contributed by atoms with Gasteiger partial charge in [-0.3, -0.25) is 4.79 Å². The van der Waals surface area contributed by atoms with E-state index in [1.54, 1.807) is 38.8 Å². The molecule has 2 saturated carbocycles. The number of ketones is 1. The Balaban J connectivity index is 1.49. The fourth-order valence-electron chi connectivity index (χ4n) is 6.95. The van der Waals surface area contributed by atoms with Gasteiger partial charge >= 0.3 is 12.2 Å². The van der Waals surface area contributed by atoms with Crippen LogP contribution in [0.3, 0.4) is 0 Å². The summed E-state index contributed by atoms with van der Waals surface area (Å²) >= 11 is 0. The van der Waals surface area contributed by atoms with Crippen molar-refractivity contribution < 1.29 is 23.9 Å². The predicted molar refractivity (Wildman–Crippen MR) is 138 cm³/mol. The summed E-state index contributed by atoms with van der Waals surface area (Å²) in [6.07, 6.45) is 1.84. The van der Waals surface area contributed by atoms with Gasteiger partial charge in [-0.25, -0.2) is 19.6 Å². The Hall–Kier alpha value is -3.61. The Labute approximate surface area is 217 Å². The van der Waals surface area contributed by atoms with Gasteiger partial charge in [0.15, 0.2) is 5.78 Å². The summed E-state index contributed by atoms with van der Waals surface area (Å²) < 4.78 is 11.3. The predicted octanol–water partition coefficient (Wildman–Crippen LogP) is 5.82. The van der Waals surface area contributed by atoms with Crippen LogP contribution in [-0.4, -0.2) is 52.3 Å². The van der Waals surface area contributed by atoms with Gasteiger partial charge in [0.2, 0.25) is 0 Å². The number of amides is 2. The molecule has 3 fully saturated rings. The Bertz CT molecular complexity index is 1300. The van der Waals surface area contributed by atoms with Gasteiger partial charge in [-0.05, 0) is 63.3 Å². The Morgan fingerprint density at radius 2 is 1.35 bits per heavy atom. The molecule has 1 heterocycles. The summed E-state index contributed by atoms with van der Waals surface area (Å²) in [6.45, 7) is 7.21. The fraction of sp³-hybridized carbons (Fsp3) is 0.433. The first-order valence-corrected chi connectivity index (χ1v) is 13.1. The molecule has 0 radical (unpaired) electrons. The molecule has 192 valence electrons. The first-order chi connectivity index (χ1) is 17.7. The molecule has 1 saturated heterocycles. The molecule has 4 aliphatic rings. The minimum absolute atomic E-state index is 0.0265. The summed E-state index contributed by atoms with van der Waals surface area (Å²) in [5.41, 5.74) is 3.47. The zero-order valence-corrected chi connectivity index (χ0v) is 21.6. The largest absolute Gasteiger partial charge is 0.445 e. The maximum atomic E-state index is 13.5. The highest BCUT2D eigenvalue weighted by Gasteiger charge is 2.79. The van der Waals surface area contributed by atoms with E-state index < -0.39 is 12.2 Å². The molecule has 0 N–H and O–H groups in total. The number of hydrogen-bond donors (Lipinski definition) is 0. The average Bonchev–Trinajstić information content (AvgIpc) is 3.44. The van der Waals surface area contributed by atoms with Crippen LogP contribution in [0, 0.1) is 11.3 Å². The molecule has 3 aliphatic carbocycles. The van der Waals surface area contributed by atoms with Crippen LogP contribution in [0.2, 0.25) is 0 Å². The van der Waals surface area contributed by atoms with Crippen molar-refractivity contribution >= 4 is 23.5 Å². The minimum Gasteiger partial charge on any atom is -0.445 e. The molecule has 2 bridgehead atoms. The second-order valence-corrected chi connectivity index (χ2v) is 11.1. The number of nitrogens with zero attached hydrogens (tertiary/aromatic N) is 2. The Kier molecular flexibility index (Phi) is 5.44. The van der Waals surface area contributed by atoms with Crippen molar-refractivity contribution in [2.24, 2.45) is 11.3 Å². The lowest BCUT2D eigenvalue weighted by molar-refractivity contribution is -0.0633. The molecule has 37 heavy (non-hydrogen) atoms. The third-order valence-electron chi connectivity index (χ3n) is 8.21. The second-order valence-electron chi connectivity index (χ2n) is 11.1. The standard InChI is InChI=1S/C30H32N2O5/c1-17(2)36-28(34)31-26-24-21-13-9-8-12-20(21)22(16-23(33)19-10-6-5-7-11-19)25(24)27(30(26)14-15-30)32(31)29(35)37-18(3)4/h5-13,16-18,24-27H,14-15H2,1-4H3/b22-16+/t24-,25+,26+,27-/m0/s1. The molecule has 0 unspecified atom stereocenters. The quantitative estimate of drug-likeness (QED) is 0.391. The normalized spacial score (nSPS) is 27.1. The topological polar surface area (TPSA) is 76.2 Å². The number of carbonyl (C=O) groups excluding carboxylic acids is 3. The zero-order chi connectivity index (χ0) is 26.1. The number of hydrogen-bond acceptors (Lipinski definition) is 5. The molecule has 7 nitrogen and oxygen atoms in total. The SMILES string of the molecule is CC(C)OC(=O)N1[C@H]2[C@@H]3/C(=C/C(=O)c4ccccc4)c4ccccc4[C@@H]3[C@@H](N1C(=O)OC(C)C)C21CC1. The summed E-state index contributed by atoms with van der Waals surface area (Å²) in [5, 5.41) is 3.07. The van der Waals surface area contributed by atoms with Crippen molar-refractivity contribution in [1.82, 2.24) is 10.0 Å². The lowest BCUT2D eigenvalue weighted by Gasteiger charge is -2.42. The van der Waals surface area contributed by atoms with E-state index >= 15 is 0 Å². The number of ether oxygens (including phenoxy) is 2. The molecule has 1 spiro atoms. The van der Waals surface area contributed by atoms with Crippen LogP contribution in [0.5, 0.6) is 0 Å². The van der Waals surface area contributed by atoms with Gasteiger partial charge in [-0.2, -0.15) is 0 Å². The number of fused-ring (bicyclic) bond motifs is 5. The first kappa shape index (κ1) is 23.8. The van der Waals surface area contributed by atoms with Crippen molar-refractivity contribution in [3.05, 3.63) is 77.4 Å². The van der Waals surface area contributed by atoms with Crippen molar-refractivity contribution in [1.29, 1.82) is 0 Å². The van der Waals surface area contributed by atoms with Crippen LogP contribution in [0.15, 0.2) is 60.7 Å². The summed E-state index contributed by atoms with van der Waals surface area (Å²) in [5.74, 6) is -0.201. The minimum atomic E-state index is -0.544. The molecule has 6 rings (SSSR count). The first-order valence-electron chi connectivity index (χ1n) is 13.1. The third-order valence-corrected chi connectivity index (χ3v) is 8.21. The van der Waals surface area contributed by atoms with Crippen LogP contribution in [0.25, 0.3) is 5.57 Å². The summed E-state index contributed by atoms with van der Waals surface area (Å²) in [6, 6.07) is 16.8. The fourth-order valence-corrected chi connectivity index (χ4v) is 6.95. The van der Waals surface area contributed by atoms with Gasteiger partial charge in [0.05, 0.1) is 24.3 Å². The van der Waals surface area contributed by atoms with E-state index in [9.17, 15) is 14.4 Å². The molecule has 1 aliphatic heterocycles. The summed E-state index contributed by atoms with van der Waals surface area (Å²) in [4.78, 5) is 40.4. The van der Waals surface area contributed by atoms with E-state index in [0.717, 1.165) is 29.5 Å². The van der Waals surface area contributed by atoms with Crippen LogP contribution in [0.4, 0.5) is 9.59 Å². The molecule has 0 aromatic heterocycles. The smallest absolute Gasteiger partial charge is 0.429 e. The molecule has 2 aromatic rings. The second kappa shape index (κ2) is 8.47. The lowest BCUT2D eigenvalue weighted by atomic mass is 9.87. The number of rotatable bonds is 4. The van der Waals surface area contributed by atoms with E-state index in [0.29, 0.717) is 5.56 Å². The van der Waals surface area contributed by atoms with Gasteiger partial charge < -0.3 is 9.47 Å². The van der Waals surface area contributed by atoms with Crippen molar-refractivity contribution in [2.75, 3.05) is 0 Å². The van der Waals surface area contributed by atoms with E-state index in [-0.39, 0.29) is 47.3 Å². The van der Waals surface area contributed by atoms with Gasteiger partial charge in [0.25, 0.3) is 0 Å². The molecule has 2 aromatic carbocycles.